The largest absolute Gasteiger partial charge is 0.497 e. The number of alkyl halides is 1. The molecular weight excluding hydrogens is 278 g/mol. The number of carbonyl (C=O) groups excluding carboxylic acids is 1. The molecule has 0 bridgehead atoms. The molecule has 1 aromatic carbocycles. The number of halogens is 1. The summed E-state index contributed by atoms with van der Waals surface area (Å²) in [5, 5.41) is 3.29. The summed E-state index contributed by atoms with van der Waals surface area (Å²) >= 11 is 6.07. The molecule has 20 heavy (non-hydrogen) atoms. The lowest BCUT2D eigenvalue weighted by atomic mass is 9.95. The van der Waals surface area contributed by atoms with Gasteiger partial charge in [0.1, 0.15) is 11.5 Å². The summed E-state index contributed by atoms with van der Waals surface area (Å²) in [6.45, 7) is 0. The van der Waals surface area contributed by atoms with Gasteiger partial charge in [0.05, 0.1) is 19.8 Å². The summed E-state index contributed by atoms with van der Waals surface area (Å²) in [5.41, 5.74) is 0.500. The van der Waals surface area contributed by atoms with Gasteiger partial charge in [0.2, 0.25) is 0 Å². The molecule has 0 saturated heterocycles. The third-order valence-corrected chi connectivity index (χ3v) is 4.08. The predicted octanol–water partition coefficient (Wildman–Crippen LogP) is 2.98. The van der Waals surface area contributed by atoms with E-state index in [0.29, 0.717) is 17.1 Å². The van der Waals surface area contributed by atoms with E-state index in [-0.39, 0.29) is 17.3 Å². The van der Waals surface area contributed by atoms with Crippen LogP contribution in [0.15, 0.2) is 18.2 Å². The number of hydrogen-bond donors (Lipinski definition) is 1. The number of hydrogen-bond acceptors (Lipinski definition) is 3. The molecule has 1 aromatic rings. The molecule has 1 fully saturated rings. The van der Waals surface area contributed by atoms with Gasteiger partial charge in [0, 0.05) is 11.4 Å². The van der Waals surface area contributed by atoms with Gasteiger partial charge >= 0.3 is 0 Å². The highest BCUT2D eigenvalue weighted by atomic mass is 35.5. The van der Waals surface area contributed by atoms with Crippen LogP contribution >= 0.6 is 11.6 Å². The minimum Gasteiger partial charge on any atom is -0.497 e. The van der Waals surface area contributed by atoms with Crippen LogP contribution in [0.3, 0.4) is 0 Å². The van der Waals surface area contributed by atoms with Crippen molar-refractivity contribution in [2.45, 2.75) is 37.1 Å². The molecular formula is C15H20ClNO3. The maximum Gasteiger partial charge on any atom is 0.255 e. The predicted molar refractivity (Wildman–Crippen MR) is 78.9 cm³/mol. The van der Waals surface area contributed by atoms with Crippen molar-refractivity contribution >= 4 is 17.5 Å². The SMILES string of the molecule is COc1ccc(OC)c(C(=O)NC2CCC(Cl)CC2)c1. The zero-order chi connectivity index (χ0) is 14.5. The van der Waals surface area contributed by atoms with E-state index in [1.54, 1.807) is 32.4 Å². The number of carbonyl (C=O) groups is 1. The minimum atomic E-state index is -0.126. The van der Waals surface area contributed by atoms with E-state index in [0.717, 1.165) is 25.7 Å². The van der Waals surface area contributed by atoms with Crippen LogP contribution < -0.4 is 14.8 Å². The summed E-state index contributed by atoms with van der Waals surface area (Å²) < 4.78 is 10.4. The lowest BCUT2D eigenvalue weighted by Gasteiger charge is -2.26. The van der Waals surface area contributed by atoms with Crippen LogP contribution in [0.25, 0.3) is 0 Å². The van der Waals surface area contributed by atoms with Crippen molar-refractivity contribution in [1.82, 2.24) is 5.32 Å². The van der Waals surface area contributed by atoms with Crippen molar-refractivity contribution in [3.63, 3.8) is 0 Å². The van der Waals surface area contributed by atoms with Gasteiger partial charge in [-0.1, -0.05) is 0 Å². The summed E-state index contributed by atoms with van der Waals surface area (Å²) in [5.74, 6) is 1.06. The second-order valence-corrected chi connectivity index (χ2v) is 5.61. The van der Waals surface area contributed by atoms with Crippen LogP contribution in [0.4, 0.5) is 0 Å². The first-order valence-electron chi connectivity index (χ1n) is 6.81. The van der Waals surface area contributed by atoms with Gasteiger partial charge in [-0.05, 0) is 43.9 Å². The number of rotatable bonds is 4. The van der Waals surface area contributed by atoms with Gasteiger partial charge in [-0.15, -0.1) is 11.6 Å². The molecule has 110 valence electrons. The molecule has 1 aliphatic rings. The fourth-order valence-corrected chi connectivity index (χ4v) is 2.70. The number of benzene rings is 1. The fraction of sp³-hybridized carbons (Fsp3) is 0.533. The standard InChI is InChI=1S/C15H20ClNO3/c1-19-12-7-8-14(20-2)13(9-12)15(18)17-11-5-3-10(16)4-6-11/h7-11H,3-6H2,1-2H3,(H,17,18). The first-order chi connectivity index (χ1) is 9.63. The topological polar surface area (TPSA) is 47.6 Å². The number of methoxy groups -OCH3 is 2. The van der Waals surface area contributed by atoms with Crippen molar-refractivity contribution in [2.24, 2.45) is 0 Å². The molecule has 1 aliphatic carbocycles. The highest BCUT2D eigenvalue weighted by Crippen LogP contribution is 2.26. The Balaban J connectivity index is 2.08. The highest BCUT2D eigenvalue weighted by molar-refractivity contribution is 6.20. The number of nitrogens with one attached hydrogen (secondary N) is 1. The van der Waals surface area contributed by atoms with Crippen LogP contribution in [-0.4, -0.2) is 31.5 Å². The van der Waals surface area contributed by atoms with Crippen LogP contribution in [0.1, 0.15) is 36.0 Å². The van der Waals surface area contributed by atoms with E-state index >= 15 is 0 Å². The van der Waals surface area contributed by atoms with E-state index < -0.39 is 0 Å². The lowest BCUT2D eigenvalue weighted by Crippen LogP contribution is -2.38. The summed E-state index contributed by atoms with van der Waals surface area (Å²) in [6.07, 6.45) is 3.74. The Morgan fingerprint density at radius 2 is 1.90 bits per heavy atom. The molecule has 2 rings (SSSR count). The van der Waals surface area contributed by atoms with Crippen molar-refractivity contribution in [3.8, 4) is 11.5 Å². The average molecular weight is 298 g/mol. The van der Waals surface area contributed by atoms with Crippen LogP contribution in [-0.2, 0) is 0 Å². The van der Waals surface area contributed by atoms with Crippen LogP contribution in [0.2, 0.25) is 0 Å². The number of ether oxygens (including phenoxy) is 2. The van der Waals surface area contributed by atoms with E-state index in [1.165, 1.54) is 0 Å². The third-order valence-electron chi connectivity index (χ3n) is 3.64. The van der Waals surface area contributed by atoms with Gasteiger partial charge < -0.3 is 14.8 Å². The summed E-state index contributed by atoms with van der Waals surface area (Å²) in [7, 11) is 3.13. The molecule has 5 heteroatoms. The smallest absolute Gasteiger partial charge is 0.255 e. The maximum absolute atomic E-state index is 12.4. The molecule has 0 aromatic heterocycles. The monoisotopic (exact) mass is 297 g/mol. The van der Waals surface area contributed by atoms with E-state index in [1.807, 2.05) is 0 Å². The Hall–Kier alpha value is -1.42. The summed E-state index contributed by atoms with van der Waals surface area (Å²) in [4.78, 5) is 12.4. The molecule has 0 radical (unpaired) electrons. The van der Waals surface area contributed by atoms with Crippen molar-refractivity contribution in [2.75, 3.05) is 14.2 Å². The van der Waals surface area contributed by atoms with E-state index in [9.17, 15) is 4.79 Å². The van der Waals surface area contributed by atoms with E-state index in [4.69, 9.17) is 21.1 Å². The Morgan fingerprint density at radius 1 is 1.20 bits per heavy atom. The van der Waals surface area contributed by atoms with Crippen molar-refractivity contribution in [3.05, 3.63) is 23.8 Å². The van der Waals surface area contributed by atoms with E-state index in [2.05, 4.69) is 5.32 Å². The molecule has 0 unspecified atom stereocenters. The minimum absolute atomic E-state index is 0.126. The normalized spacial score (nSPS) is 22.1. The van der Waals surface area contributed by atoms with Gasteiger partial charge in [0.15, 0.2) is 0 Å². The first kappa shape index (κ1) is 15.0. The summed E-state index contributed by atoms with van der Waals surface area (Å²) in [6, 6.07) is 5.40. The molecule has 0 atom stereocenters. The Labute approximate surface area is 124 Å². The molecule has 1 saturated carbocycles. The van der Waals surface area contributed by atoms with Gasteiger partial charge in [-0.2, -0.15) is 0 Å². The molecule has 1 N–H and O–H groups in total. The maximum atomic E-state index is 12.4. The lowest BCUT2D eigenvalue weighted by molar-refractivity contribution is 0.0924. The Bertz CT molecular complexity index is 470. The molecule has 0 heterocycles. The third kappa shape index (κ3) is 3.57. The van der Waals surface area contributed by atoms with Crippen molar-refractivity contribution < 1.29 is 14.3 Å². The number of amides is 1. The van der Waals surface area contributed by atoms with Crippen LogP contribution in [0.5, 0.6) is 11.5 Å². The zero-order valence-corrected chi connectivity index (χ0v) is 12.6. The van der Waals surface area contributed by atoms with Gasteiger partial charge in [-0.25, -0.2) is 0 Å². The fourth-order valence-electron chi connectivity index (χ4n) is 2.45. The second-order valence-electron chi connectivity index (χ2n) is 4.99. The molecule has 0 spiro atoms. The zero-order valence-electron chi connectivity index (χ0n) is 11.8. The molecule has 4 nitrogen and oxygen atoms in total. The Kier molecular flexibility index (Phi) is 5.12. The molecule has 0 aliphatic heterocycles. The Morgan fingerprint density at radius 3 is 2.50 bits per heavy atom. The first-order valence-corrected chi connectivity index (χ1v) is 7.24. The van der Waals surface area contributed by atoms with Crippen LogP contribution in [0, 0.1) is 0 Å². The van der Waals surface area contributed by atoms with Gasteiger partial charge in [0.25, 0.3) is 5.91 Å². The average Bonchev–Trinajstić information content (AvgIpc) is 2.48. The second kappa shape index (κ2) is 6.84. The van der Waals surface area contributed by atoms with Crippen molar-refractivity contribution in [1.29, 1.82) is 0 Å². The highest BCUT2D eigenvalue weighted by Gasteiger charge is 2.22. The quantitative estimate of drug-likeness (QED) is 0.869. The molecule has 1 amide bonds. The van der Waals surface area contributed by atoms with Gasteiger partial charge in [-0.3, -0.25) is 4.79 Å².